The second-order valence-corrected chi connectivity index (χ2v) is 2.53. The van der Waals surface area contributed by atoms with Crippen LogP contribution < -0.4 is 0 Å². The van der Waals surface area contributed by atoms with E-state index in [9.17, 15) is 0 Å². The molecule has 0 aliphatic heterocycles. The van der Waals surface area contributed by atoms with E-state index < -0.39 is 0 Å². The molecule has 1 fully saturated rings. The van der Waals surface area contributed by atoms with Gasteiger partial charge in [-0.05, 0) is 6.42 Å². The predicted molar refractivity (Wildman–Crippen MR) is 34.2 cm³/mol. The number of hydrogen-bond acceptors (Lipinski definition) is 0. The summed E-state index contributed by atoms with van der Waals surface area (Å²) < 4.78 is 0. The summed E-state index contributed by atoms with van der Waals surface area (Å²) >= 11 is 0. The van der Waals surface area contributed by atoms with Crippen LogP contribution in [0, 0.1) is 18.3 Å². The first-order valence-corrected chi connectivity index (χ1v) is 3.15. The second kappa shape index (κ2) is 1.41. The van der Waals surface area contributed by atoms with Crippen molar-refractivity contribution in [1.29, 1.82) is 0 Å². The van der Waals surface area contributed by atoms with Crippen LogP contribution >= 0.6 is 0 Å². The normalized spacial score (nSPS) is 40.0. The van der Waals surface area contributed by atoms with Gasteiger partial charge in [-0.1, -0.05) is 0 Å². The predicted octanol–water partition coefficient (Wildman–Crippen LogP) is 1.95. The Morgan fingerprint density at radius 3 is 2.38 bits per heavy atom. The summed E-state index contributed by atoms with van der Waals surface area (Å²) in [6.45, 7) is 0. The van der Waals surface area contributed by atoms with Crippen LogP contribution in [0.5, 0.6) is 0 Å². The first-order valence-electron chi connectivity index (χ1n) is 3.15. The van der Waals surface area contributed by atoms with Crippen LogP contribution in [0.25, 0.3) is 0 Å². The lowest BCUT2D eigenvalue weighted by Gasteiger charge is -1.68. The minimum Gasteiger partial charge on any atom is -0.0138 e. The maximum absolute atomic E-state index is 2.30. The Hall–Kier alpha value is -0.650. The Morgan fingerprint density at radius 1 is 1.12 bits per heavy atom. The molecule has 0 heteroatoms. The van der Waals surface area contributed by atoms with E-state index in [1.165, 1.54) is 6.42 Å². The molecule has 2 aliphatic rings. The molecule has 0 spiro atoms. The fraction of sp³-hybridized carbons (Fsp3) is 0.375. The van der Waals surface area contributed by atoms with Crippen molar-refractivity contribution < 1.29 is 0 Å². The summed E-state index contributed by atoms with van der Waals surface area (Å²) in [5.41, 5.74) is 0. The summed E-state index contributed by atoms with van der Waals surface area (Å²) in [6.07, 6.45) is 12.4. The first-order chi connectivity index (χ1) is 3.97. The molecule has 1 saturated carbocycles. The zero-order chi connectivity index (χ0) is 5.40. The van der Waals surface area contributed by atoms with Crippen molar-refractivity contribution in [3.8, 4) is 0 Å². The molecule has 0 saturated heterocycles. The van der Waals surface area contributed by atoms with E-state index in [0.717, 1.165) is 11.8 Å². The summed E-state index contributed by atoms with van der Waals surface area (Å²) in [5.74, 6) is 1.79. The van der Waals surface area contributed by atoms with Gasteiger partial charge < -0.3 is 0 Å². The Bertz CT molecular complexity index is 126. The Kier molecular flexibility index (Phi) is 0.750. The Labute approximate surface area is 49.9 Å². The molecule has 0 unspecified atom stereocenters. The van der Waals surface area contributed by atoms with Crippen LogP contribution in [0.4, 0.5) is 0 Å². The zero-order valence-electron chi connectivity index (χ0n) is 4.75. The van der Waals surface area contributed by atoms with Crippen LogP contribution in [0.2, 0.25) is 0 Å². The van der Waals surface area contributed by atoms with E-state index in [4.69, 9.17) is 0 Å². The molecular weight excluding hydrogens is 96.1 g/mol. The van der Waals surface area contributed by atoms with E-state index in [1.54, 1.807) is 0 Å². The Balaban J connectivity index is 2.17. The summed E-state index contributed by atoms with van der Waals surface area (Å²) in [6, 6.07) is 0. The van der Waals surface area contributed by atoms with E-state index in [1.807, 2.05) is 0 Å². The molecule has 0 aromatic rings. The van der Waals surface area contributed by atoms with Gasteiger partial charge in [0.1, 0.15) is 0 Å². The van der Waals surface area contributed by atoms with Crippen LogP contribution in [-0.4, -0.2) is 0 Å². The van der Waals surface area contributed by atoms with Gasteiger partial charge in [-0.3, -0.25) is 0 Å². The molecule has 0 amide bonds. The van der Waals surface area contributed by atoms with Crippen molar-refractivity contribution in [1.82, 2.24) is 0 Å². The third kappa shape index (κ3) is 0.568. The highest BCUT2D eigenvalue weighted by Crippen LogP contribution is 2.41. The molecule has 40 valence electrons. The standard InChI is InChI=1S/C8H9/c1-2-4-7-6-8(7)5-3-1/h1-5,7-8H,6H2/q+1/t7-,8+. The van der Waals surface area contributed by atoms with Crippen molar-refractivity contribution in [2.45, 2.75) is 6.42 Å². The molecule has 0 aromatic heterocycles. The molecule has 8 heavy (non-hydrogen) atoms. The minimum absolute atomic E-state index is 0.894. The molecule has 2 atom stereocenters. The first kappa shape index (κ1) is 4.25. The molecule has 0 radical (unpaired) electrons. The van der Waals surface area contributed by atoms with Gasteiger partial charge in [0.25, 0.3) is 0 Å². The second-order valence-electron chi connectivity index (χ2n) is 2.53. The number of allylic oxidation sites excluding steroid dienone is 4. The summed E-state index contributed by atoms with van der Waals surface area (Å²) in [5, 5.41) is 0. The van der Waals surface area contributed by atoms with Gasteiger partial charge in [-0.15, -0.1) is 0 Å². The molecule has 2 rings (SSSR count). The van der Waals surface area contributed by atoms with Crippen molar-refractivity contribution >= 4 is 0 Å². The van der Waals surface area contributed by atoms with Gasteiger partial charge in [0.05, 0.1) is 0 Å². The lowest BCUT2D eigenvalue weighted by atomic mass is 10.3. The van der Waals surface area contributed by atoms with Gasteiger partial charge in [0, 0.05) is 42.6 Å². The van der Waals surface area contributed by atoms with Gasteiger partial charge in [-0.2, -0.15) is 0 Å². The van der Waals surface area contributed by atoms with Gasteiger partial charge in [0.15, 0.2) is 0 Å². The molecule has 0 aromatic carbocycles. The van der Waals surface area contributed by atoms with Crippen molar-refractivity contribution in [2.24, 2.45) is 11.8 Å². The maximum atomic E-state index is 2.30. The highest BCUT2D eigenvalue weighted by atomic mass is 14.4. The number of rotatable bonds is 0. The van der Waals surface area contributed by atoms with E-state index in [0.29, 0.717) is 0 Å². The van der Waals surface area contributed by atoms with Crippen molar-refractivity contribution in [3.63, 3.8) is 0 Å². The Morgan fingerprint density at radius 2 is 1.75 bits per heavy atom. The summed E-state index contributed by atoms with van der Waals surface area (Å²) in [7, 11) is 0. The van der Waals surface area contributed by atoms with E-state index in [2.05, 4.69) is 30.7 Å². The molecule has 0 bridgehead atoms. The molecule has 0 nitrogen and oxygen atoms in total. The maximum Gasteiger partial charge on any atom is 0.0425 e. The van der Waals surface area contributed by atoms with Crippen molar-refractivity contribution in [2.75, 3.05) is 0 Å². The largest absolute Gasteiger partial charge is 0.0425 e. The third-order valence-corrected chi connectivity index (χ3v) is 1.83. The third-order valence-electron chi connectivity index (χ3n) is 1.83. The van der Waals surface area contributed by atoms with Crippen LogP contribution in [0.15, 0.2) is 24.3 Å². The lowest BCUT2D eigenvalue weighted by molar-refractivity contribution is 1.00. The van der Waals surface area contributed by atoms with Gasteiger partial charge in [0.2, 0.25) is 0 Å². The monoisotopic (exact) mass is 105 g/mol. The van der Waals surface area contributed by atoms with Crippen LogP contribution in [-0.2, 0) is 0 Å². The van der Waals surface area contributed by atoms with Crippen LogP contribution in [0.3, 0.4) is 0 Å². The summed E-state index contributed by atoms with van der Waals surface area (Å²) in [4.78, 5) is 0. The molecular formula is C8H9+. The molecule has 2 aliphatic carbocycles. The average molecular weight is 105 g/mol. The molecule has 0 N–H and O–H groups in total. The molecule has 0 heterocycles. The lowest BCUT2D eigenvalue weighted by Crippen LogP contribution is -1.65. The zero-order valence-corrected chi connectivity index (χ0v) is 4.75. The fourth-order valence-electron chi connectivity index (χ4n) is 1.16. The highest BCUT2D eigenvalue weighted by molar-refractivity contribution is 5.22. The van der Waals surface area contributed by atoms with Gasteiger partial charge in [-0.25, -0.2) is 0 Å². The highest BCUT2D eigenvalue weighted by Gasteiger charge is 2.38. The topological polar surface area (TPSA) is 0 Å². The SMILES string of the molecule is C1=C[C@@H]2C[C@@H]2C=C[CH+]1. The number of hydrogen-bond donors (Lipinski definition) is 0. The average Bonchev–Trinajstić information content (AvgIpc) is 2.36. The van der Waals surface area contributed by atoms with Gasteiger partial charge >= 0.3 is 0 Å². The smallest absolute Gasteiger partial charge is 0.0138 e. The van der Waals surface area contributed by atoms with Crippen molar-refractivity contribution in [3.05, 3.63) is 30.7 Å². The number of fused-ring (bicyclic) bond motifs is 1. The van der Waals surface area contributed by atoms with E-state index in [-0.39, 0.29) is 0 Å². The quantitative estimate of drug-likeness (QED) is 0.413. The fourth-order valence-corrected chi connectivity index (χ4v) is 1.16. The minimum atomic E-state index is 0.894. The van der Waals surface area contributed by atoms with E-state index >= 15 is 0 Å². The van der Waals surface area contributed by atoms with Crippen LogP contribution in [0.1, 0.15) is 6.42 Å².